The lowest BCUT2D eigenvalue weighted by atomic mass is 10.2. The van der Waals surface area contributed by atoms with Crippen LogP contribution in [0.25, 0.3) is 0 Å². The molecule has 0 aliphatic heterocycles. The minimum absolute atomic E-state index is 0.225. The molecule has 0 bridgehead atoms. The minimum Gasteiger partial charge on any atom is -0.257 e. The molecule has 1 nitrogen and oxygen atoms in total. The quantitative estimate of drug-likeness (QED) is 0.435. The van der Waals surface area contributed by atoms with E-state index in [4.69, 9.17) is 16.6 Å². The maximum absolute atomic E-state index is 6.55. The molecule has 0 amide bonds. The van der Waals surface area contributed by atoms with E-state index in [1.807, 2.05) is 0 Å². The first-order chi connectivity index (χ1) is 11.8. The van der Waals surface area contributed by atoms with Gasteiger partial charge in [0, 0.05) is 28.7 Å². The van der Waals surface area contributed by atoms with Crippen molar-refractivity contribution < 1.29 is 0 Å². The Balaban J connectivity index is 3.24. The normalized spacial score (nSPS) is 14.3. The van der Waals surface area contributed by atoms with E-state index < -0.39 is 0 Å². The summed E-state index contributed by atoms with van der Waals surface area (Å²) in [6.07, 6.45) is 2.08. The molecular weight excluding hydrogens is 388 g/mol. The van der Waals surface area contributed by atoms with Gasteiger partial charge in [0.1, 0.15) is 0 Å². The SMILES string of the molecule is CC(C)(C)P(Cc1cc(Cl)cc(CP(C(C)(C)C)C(C)(C)C)n1)C(C)(C)C. The Kier molecular flexibility index (Phi) is 8.05. The summed E-state index contributed by atoms with van der Waals surface area (Å²) in [6.45, 7) is 28.4. The van der Waals surface area contributed by atoms with Crippen molar-refractivity contribution in [1.29, 1.82) is 0 Å². The van der Waals surface area contributed by atoms with Gasteiger partial charge < -0.3 is 0 Å². The second kappa shape index (κ2) is 8.58. The monoisotopic (exact) mass is 429 g/mol. The average Bonchev–Trinajstić information content (AvgIpc) is 2.36. The standard InChI is InChI=1S/C23H42ClNP2/c1-20(2,3)26(21(4,5)6)15-18-13-17(24)14-19(25-18)16-27(22(7,8)9)23(10,11)12/h13-14H,15-16H2,1-12H3. The number of hydrogen-bond acceptors (Lipinski definition) is 1. The molecule has 0 unspecified atom stereocenters. The van der Waals surface area contributed by atoms with Crippen LogP contribution in [0.3, 0.4) is 0 Å². The summed E-state index contributed by atoms with van der Waals surface area (Å²) in [5.41, 5.74) is 2.34. The largest absolute Gasteiger partial charge is 0.257 e. The van der Waals surface area contributed by atoms with Gasteiger partial charge in [0.15, 0.2) is 0 Å². The topological polar surface area (TPSA) is 12.9 Å². The van der Waals surface area contributed by atoms with Crippen LogP contribution in [0.2, 0.25) is 5.02 Å². The molecule has 0 saturated carbocycles. The van der Waals surface area contributed by atoms with Crippen LogP contribution in [0.4, 0.5) is 0 Å². The zero-order valence-electron chi connectivity index (χ0n) is 19.8. The summed E-state index contributed by atoms with van der Waals surface area (Å²) < 4.78 is 0. The minimum atomic E-state index is -0.225. The molecule has 0 N–H and O–H groups in total. The summed E-state index contributed by atoms with van der Waals surface area (Å²) >= 11 is 6.55. The van der Waals surface area contributed by atoms with Crippen molar-refractivity contribution in [2.24, 2.45) is 0 Å². The van der Waals surface area contributed by atoms with Gasteiger partial charge in [-0.25, -0.2) is 0 Å². The molecule has 4 heteroatoms. The molecule has 156 valence electrons. The molecule has 0 radical (unpaired) electrons. The highest BCUT2D eigenvalue weighted by molar-refractivity contribution is 7.60. The Bertz CT molecular complexity index is 547. The maximum Gasteiger partial charge on any atom is 0.0465 e. The van der Waals surface area contributed by atoms with Gasteiger partial charge in [-0.15, -0.1) is 0 Å². The lowest BCUT2D eigenvalue weighted by Gasteiger charge is -2.42. The van der Waals surface area contributed by atoms with E-state index in [1.54, 1.807) is 0 Å². The summed E-state index contributed by atoms with van der Waals surface area (Å²) in [5.74, 6) is 0. The molecule has 0 fully saturated rings. The fourth-order valence-electron chi connectivity index (χ4n) is 4.06. The lowest BCUT2D eigenvalue weighted by Crippen LogP contribution is -2.26. The van der Waals surface area contributed by atoms with Crippen molar-refractivity contribution in [1.82, 2.24) is 4.98 Å². The van der Waals surface area contributed by atoms with E-state index in [9.17, 15) is 0 Å². The van der Waals surface area contributed by atoms with E-state index in [0.717, 1.165) is 17.3 Å². The van der Waals surface area contributed by atoms with Gasteiger partial charge in [0.2, 0.25) is 0 Å². The zero-order valence-corrected chi connectivity index (χ0v) is 22.3. The molecular formula is C23H42ClNP2. The Hall–Kier alpha value is 0.300. The average molecular weight is 430 g/mol. The summed E-state index contributed by atoms with van der Waals surface area (Å²) in [6, 6.07) is 4.18. The van der Waals surface area contributed by atoms with Crippen LogP contribution in [0, 0.1) is 0 Å². The molecule has 0 spiro atoms. The number of hydrogen-bond donors (Lipinski definition) is 0. The first-order valence-corrected chi connectivity index (χ1v) is 13.5. The lowest BCUT2D eigenvalue weighted by molar-refractivity contribution is 0.699. The highest BCUT2D eigenvalue weighted by Crippen LogP contribution is 2.62. The van der Waals surface area contributed by atoms with E-state index in [0.29, 0.717) is 20.6 Å². The van der Waals surface area contributed by atoms with Crippen LogP contribution >= 0.6 is 27.4 Å². The summed E-state index contributed by atoms with van der Waals surface area (Å²) in [4.78, 5) is 5.12. The van der Waals surface area contributed by atoms with Gasteiger partial charge in [-0.2, -0.15) is 0 Å². The third kappa shape index (κ3) is 7.91. The van der Waals surface area contributed by atoms with Crippen molar-refractivity contribution in [3.63, 3.8) is 0 Å². The van der Waals surface area contributed by atoms with Crippen LogP contribution < -0.4 is 0 Å². The van der Waals surface area contributed by atoms with E-state index >= 15 is 0 Å². The number of aromatic nitrogens is 1. The Morgan fingerprint density at radius 2 is 0.889 bits per heavy atom. The predicted octanol–water partition coefficient (Wildman–Crippen LogP) is 8.89. The van der Waals surface area contributed by atoms with Crippen molar-refractivity contribution in [3.05, 3.63) is 28.5 Å². The Labute approximate surface area is 177 Å². The molecule has 1 rings (SSSR count). The summed E-state index contributed by atoms with van der Waals surface area (Å²) in [7, 11) is -0.450. The number of rotatable bonds is 4. The third-order valence-electron chi connectivity index (χ3n) is 4.78. The van der Waals surface area contributed by atoms with Gasteiger partial charge in [-0.3, -0.25) is 4.98 Å². The number of halogens is 1. The third-order valence-corrected chi connectivity index (χ3v) is 12.8. The number of nitrogens with zero attached hydrogens (tertiary/aromatic N) is 1. The highest BCUT2D eigenvalue weighted by Gasteiger charge is 2.36. The van der Waals surface area contributed by atoms with Crippen LogP contribution in [-0.2, 0) is 12.3 Å². The second-order valence-corrected chi connectivity index (χ2v) is 19.8. The number of pyridine rings is 1. The molecule has 1 aromatic heterocycles. The van der Waals surface area contributed by atoms with Crippen molar-refractivity contribution in [2.75, 3.05) is 0 Å². The molecule has 1 aromatic rings. The van der Waals surface area contributed by atoms with Gasteiger partial charge in [-0.1, -0.05) is 111 Å². The first-order valence-electron chi connectivity index (χ1n) is 10.0. The molecule has 0 saturated heterocycles. The van der Waals surface area contributed by atoms with Crippen molar-refractivity contribution >= 4 is 27.4 Å². The molecule has 0 aliphatic rings. The molecule has 27 heavy (non-hydrogen) atoms. The molecule has 0 aliphatic carbocycles. The fraction of sp³-hybridized carbons (Fsp3) is 0.783. The predicted molar refractivity (Wildman–Crippen MR) is 130 cm³/mol. The van der Waals surface area contributed by atoms with Crippen LogP contribution in [0.1, 0.15) is 94.5 Å². The smallest absolute Gasteiger partial charge is 0.0465 e. The van der Waals surface area contributed by atoms with Gasteiger partial charge in [0.25, 0.3) is 0 Å². The Morgan fingerprint density at radius 1 is 0.630 bits per heavy atom. The molecule has 0 aromatic carbocycles. The van der Waals surface area contributed by atoms with Gasteiger partial charge in [0.05, 0.1) is 0 Å². The highest BCUT2D eigenvalue weighted by atomic mass is 35.5. The fourth-order valence-corrected chi connectivity index (χ4v) is 11.2. The van der Waals surface area contributed by atoms with Crippen LogP contribution in [-0.4, -0.2) is 25.6 Å². The van der Waals surface area contributed by atoms with Crippen LogP contribution in [0.5, 0.6) is 0 Å². The van der Waals surface area contributed by atoms with E-state index in [2.05, 4.69) is 95.2 Å². The summed E-state index contributed by atoms with van der Waals surface area (Å²) in [5, 5.41) is 2.01. The van der Waals surface area contributed by atoms with Crippen LogP contribution in [0.15, 0.2) is 12.1 Å². The van der Waals surface area contributed by atoms with Crippen molar-refractivity contribution in [3.8, 4) is 0 Å². The second-order valence-electron chi connectivity index (χ2n) is 11.6. The molecule has 1 heterocycles. The van der Waals surface area contributed by atoms with Gasteiger partial charge in [-0.05, 0) is 32.8 Å². The Morgan fingerprint density at radius 3 is 1.11 bits per heavy atom. The van der Waals surface area contributed by atoms with E-state index in [-0.39, 0.29) is 15.8 Å². The van der Waals surface area contributed by atoms with Gasteiger partial charge >= 0.3 is 0 Å². The first kappa shape index (κ1) is 25.3. The van der Waals surface area contributed by atoms with E-state index in [1.165, 1.54) is 11.4 Å². The maximum atomic E-state index is 6.55. The zero-order chi connectivity index (χ0) is 21.4. The molecule has 0 atom stereocenters. The van der Waals surface area contributed by atoms with Crippen molar-refractivity contribution in [2.45, 2.75) is 116 Å².